The standard InChI is InChI=1S/C25H20F3NO6/c1-29-8-7-14-10-20-23(34-13-33-20)24(31-2)22(14)18(29)4-3-9-32-15-5-6-16-17(25(26,27)28)12-21(30)35-19(16)11-15/h5-6,10-12,18H,7-9,13H2,1-2H3. The molecule has 0 saturated heterocycles. The highest BCUT2D eigenvalue weighted by atomic mass is 19.4. The Kier molecular flexibility index (Phi) is 5.73. The molecule has 0 radical (unpaired) electrons. The lowest BCUT2D eigenvalue weighted by molar-refractivity contribution is -0.136. The summed E-state index contributed by atoms with van der Waals surface area (Å²) in [5.41, 5.74) is -0.379. The summed E-state index contributed by atoms with van der Waals surface area (Å²) >= 11 is 0. The molecule has 1 unspecified atom stereocenters. The van der Waals surface area contributed by atoms with Gasteiger partial charge in [0.25, 0.3) is 0 Å². The predicted molar refractivity (Wildman–Crippen MR) is 119 cm³/mol. The summed E-state index contributed by atoms with van der Waals surface area (Å²) in [5, 5.41) is -0.221. The van der Waals surface area contributed by atoms with E-state index in [2.05, 4.69) is 16.7 Å². The fourth-order valence-electron chi connectivity index (χ4n) is 4.34. The molecule has 0 spiro atoms. The van der Waals surface area contributed by atoms with Gasteiger partial charge in [-0.3, -0.25) is 4.90 Å². The van der Waals surface area contributed by atoms with Gasteiger partial charge in [0.05, 0.1) is 12.7 Å². The number of alkyl halides is 3. The van der Waals surface area contributed by atoms with Crippen molar-refractivity contribution in [1.82, 2.24) is 4.90 Å². The van der Waals surface area contributed by atoms with E-state index in [9.17, 15) is 18.0 Å². The molecule has 7 nitrogen and oxygen atoms in total. The summed E-state index contributed by atoms with van der Waals surface area (Å²) in [6.45, 7) is 0.882. The van der Waals surface area contributed by atoms with Crippen LogP contribution in [0.1, 0.15) is 22.7 Å². The summed E-state index contributed by atoms with van der Waals surface area (Å²) in [6, 6.07) is 5.95. The zero-order chi connectivity index (χ0) is 24.7. The molecule has 0 N–H and O–H groups in total. The second-order valence-corrected chi connectivity index (χ2v) is 8.09. The number of benzene rings is 2. The fourth-order valence-corrected chi connectivity index (χ4v) is 4.34. The van der Waals surface area contributed by atoms with E-state index in [4.69, 9.17) is 23.4 Å². The number of rotatable bonds is 3. The van der Waals surface area contributed by atoms with Crippen LogP contribution in [-0.2, 0) is 12.6 Å². The highest BCUT2D eigenvalue weighted by Gasteiger charge is 2.34. The van der Waals surface area contributed by atoms with Gasteiger partial charge < -0.3 is 23.4 Å². The van der Waals surface area contributed by atoms with Crippen LogP contribution in [0.4, 0.5) is 13.2 Å². The third kappa shape index (κ3) is 4.23. The molecular formula is C25H20F3NO6. The summed E-state index contributed by atoms with van der Waals surface area (Å²) in [5.74, 6) is 8.19. The quantitative estimate of drug-likeness (QED) is 0.406. The van der Waals surface area contributed by atoms with Crippen LogP contribution in [0.15, 0.2) is 39.5 Å². The Labute approximate surface area is 197 Å². The van der Waals surface area contributed by atoms with Crippen molar-refractivity contribution in [3.8, 4) is 34.8 Å². The summed E-state index contributed by atoms with van der Waals surface area (Å²) in [7, 11) is 3.53. The van der Waals surface area contributed by atoms with Gasteiger partial charge in [-0.2, -0.15) is 13.2 Å². The van der Waals surface area contributed by atoms with Crippen LogP contribution in [0.3, 0.4) is 0 Å². The number of hydrogen-bond acceptors (Lipinski definition) is 7. The molecule has 0 saturated carbocycles. The third-order valence-corrected chi connectivity index (χ3v) is 5.97. The van der Waals surface area contributed by atoms with Crippen molar-refractivity contribution in [3.05, 3.63) is 57.4 Å². The van der Waals surface area contributed by atoms with Gasteiger partial charge in [0.1, 0.15) is 24.0 Å². The molecule has 182 valence electrons. The number of ether oxygens (including phenoxy) is 4. The summed E-state index contributed by atoms with van der Waals surface area (Å²) in [6.07, 6.45) is -3.88. The molecule has 0 amide bonds. The molecule has 1 atom stereocenters. The molecular weight excluding hydrogens is 467 g/mol. The Morgan fingerprint density at radius 1 is 1.20 bits per heavy atom. The van der Waals surface area contributed by atoms with Gasteiger partial charge in [0.2, 0.25) is 12.5 Å². The van der Waals surface area contributed by atoms with Gasteiger partial charge in [-0.15, -0.1) is 0 Å². The molecule has 3 aromatic rings. The van der Waals surface area contributed by atoms with E-state index in [0.29, 0.717) is 23.3 Å². The minimum atomic E-state index is -4.68. The van der Waals surface area contributed by atoms with Crippen molar-refractivity contribution in [2.45, 2.75) is 18.6 Å². The largest absolute Gasteiger partial charge is 0.492 e. The average molecular weight is 487 g/mol. The van der Waals surface area contributed by atoms with Gasteiger partial charge in [0.15, 0.2) is 11.5 Å². The van der Waals surface area contributed by atoms with Gasteiger partial charge in [-0.25, -0.2) is 4.79 Å². The molecule has 2 aromatic carbocycles. The lowest BCUT2D eigenvalue weighted by Crippen LogP contribution is -2.31. The Bertz CT molecular complexity index is 1420. The lowest BCUT2D eigenvalue weighted by Gasteiger charge is -2.32. The zero-order valence-electron chi connectivity index (χ0n) is 18.8. The second kappa shape index (κ2) is 8.74. The van der Waals surface area contributed by atoms with Crippen molar-refractivity contribution < 1.29 is 36.5 Å². The van der Waals surface area contributed by atoms with E-state index >= 15 is 0 Å². The van der Waals surface area contributed by atoms with E-state index < -0.39 is 17.4 Å². The third-order valence-electron chi connectivity index (χ3n) is 5.97. The first-order valence-electron chi connectivity index (χ1n) is 10.7. The van der Waals surface area contributed by atoms with Crippen molar-refractivity contribution in [3.63, 3.8) is 0 Å². The molecule has 35 heavy (non-hydrogen) atoms. The lowest BCUT2D eigenvalue weighted by atomic mass is 9.91. The van der Waals surface area contributed by atoms with E-state index in [0.717, 1.165) is 24.1 Å². The first-order chi connectivity index (χ1) is 16.8. The molecule has 3 heterocycles. The minimum Gasteiger partial charge on any atom is -0.492 e. The first kappa shape index (κ1) is 22.9. The van der Waals surface area contributed by atoms with Crippen LogP contribution in [0.5, 0.6) is 23.0 Å². The van der Waals surface area contributed by atoms with Gasteiger partial charge >= 0.3 is 11.8 Å². The highest BCUT2D eigenvalue weighted by molar-refractivity contribution is 5.82. The molecule has 2 aliphatic heterocycles. The van der Waals surface area contributed by atoms with Crippen LogP contribution in [0.25, 0.3) is 11.0 Å². The maximum Gasteiger partial charge on any atom is 0.417 e. The monoisotopic (exact) mass is 487 g/mol. The van der Waals surface area contributed by atoms with Gasteiger partial charge in [-0.1, -0.05) is 11.8 Å². The van der Waals surface area contributed by atoms with Crippen LogP contribution in [-0.4, -0.2) is 39.0 Å². The van der Waals surface area contributed by atoms with E-state index in [1.165, 1.54) is 18.2 Å². The van der Waals surface area contributed by atoms with Crippen LogP contribution in [0.2, 0.25) is 0 Å². The molecule has 0 aliphatic carbocycles. The molecule has 0 fully saturated rings. The number of hydrogen-bond donors (Lipinski definition) is 0. The summed E-state index contributed by atoms with van der Waals surface area (Å²) < 4.78 is 67.0. The Balaban J connectivity index is 1.39. The van der Waals surface area contributed by atoms with Gasteiger partial charge in [0, 0.05) is 29.6 Å². The Morgan fingerprint density at radius 3 is 2.80 bits per heavy atom. The Hall–Kier alpha value is -3.84. The van der Waals surface area contributed by atoms with Crippen molar-refractivity contribution in [2.24, 2.45) is 0 Å². The number of methoxy groups -OCH3 is 1. The average Bonchev–Trinajstić information content (AvgIpc) is 3.28. The molecule has 5 rings (SSSR count). The van der Waals surface area contributed by atoms with Crippen LogP contribution < -0.4 is 24.6 Å². The van der Waals surface area contributed by atoms with Crippen molar-refractivity contribution in [2.75, 3.05) is 34.1 Å². The van der Waals surface area contributed by atoms with Crippen LogP contribution in [0, 0.1) is 11.8 Å². The molecule has 2 aliphatic rings. The predicted octanol–water partition coefficient (Wildman–Crippen LogP) is 4.16. The van der Waals surface area contributed by atoms with E-state index in [-0.39, 0.29) is 36.2 Å². The smallest absolute Gasteiger partial charge is 0.417 e. The zero-order valence-corrected chi connectivity index (χ0v) is 18.8. The number of fused-ring (bicyclic) bond motifs is 3. The fraction of sp³-hybridized carbons (Fsp3) is 0.320. The van der Waals surface area contributed by atoms with Crippen LogP contribution >= 0.6 is 0 Å². The van der Waals surface area contributed by atoms with Crippen molar-refractivity contribution in [1.29, 1.82) is 0 Å². The Morgan fingerprint density at radius 2 is 2.03 bits per heavy atom. The topological polar surface area (TPSA) is 70.4 Å². The maximum atomic E-state index is 13.2. The highest BCUT2D eigenvalue weighted by Crippen LogP contribution is 2.49. The normalized spacial score (nSPS) is 17.0. The molecule has 10 heteroatoms. The minimum absolute atomic E-state index is 0.0265. The number of nitrogens with zero attached hydrogens (tertiary/aromatic N) is 1. The van der Waals surface area contributed by atoms with E-state index in [1.54, 1.807) is 7.11 Å². The number of likely N-dealkylation sites (N-methyl/N-ethyl adjacent to an activating group) is 1. The van der Waals surface area contributed by atoms with Crippen molar-refractivity contribution >= 4 is 11.0 Å². The maximum absolute atomic E-state index is 13.2. The molecule has 1 aromatic heterocycles. The molecule has 0 bridgehead atoms. The first-order valence-corrected chi connectivity index (χ1v) is 10.7. The van der Waals surface area contributed by atoms with E-state index in [1.807, 2.05) is 13.1 Å². The summed E-state index contributed by atoms with van der Waals surface area (Å²) in [4.78, 5) is 13.7. The number of halogens is 3. The SMILES string of the molecule is COc1c2c(cc3c1C(C#CCOc1ccc4c(C(F)(F)F)cc(=O)oc4c1)N(C)CC3)OCO2. The second-order valence-electron chi connectivity index (χ2n) is 8.09. The van der Waals surface area contributed by atoms with Gasteiger partial charge in [-0.05, 0) is 37.2 Å².